The van der Waals surface area contributed by atoms with Gasteiger partial charge in [0, 0.05) is 18.8 Å². The first-order valence-corrected chi connectivity index (χ1v) is 6.00. The lowest BCUT2D eigenvalue weighted by atomic mass is 10.2. The lowest BCUT2D eigenvalue weighted by molar-refractivity contribution is 0.283. The second-order valence-corrected chi connectivity index (χ2v) is 4.06. The van der Waals surface area contributed by atoms with Crippen LogP contribution in [0.25, 0.3) is 0 Å². The van der Waals surface area contributed by atoms with Crippen LogP contribution in [0.4, 0.5) is 5.82 Å². The van der Waals surface area contributed by atoms with E-state index in [1.54, 1.807) is 12.1 Å². The highest BCUT2D eigenvalue weighted by Gasteiger charge is 1.98. The first-order valence-electron chi connectivity index (χ1n) is 6.00. The molecule has 92 valence electrons. The van der Waals surface area contributed by atoms with Gasteiger partial charge in [0.1, 0.15) is 5.82 Å². The highest BCUT2D eigenvalue weighted by atomic mass is 16.2. The number of nitrogens with one attached hydrogen (secondary N) is 1. The van der Waals surface area contributed by atoms with Crippen LogP contribution in [0.1, 0.15) is 36.9 Å². The summed E-state index contributed by atoms with van der Waals surface area (Å²) in [6.45, 7) is 3.01. The van der Waals surface area contributed by atoms with Crippen LogP contribution in [0.2, 0.25) is 0 Å². The van der Waals surface area contributed by atoms with E-state index in [2.05, 4.69) is 16.4 Å². The van der Waals surface area contributed by atoms with Crippen molar-refractivity contribution in [2.75, 3.05) is 18.5 Å². The van der Waals surface area contributed by atoms with Gasteiger partial charge in [-0.25, -0.2) is 4.98 Å². The number of hydrogen-bond acceptors (Lipinski definition) is 4. The maximum atomic E-state index is 8.83. The molecule has 17 heavy (non-hydrogen) atoms. The summed E-state index contributed by atoms with van der Waals surface area (Å²) in [5.41, 5.74) is 1.49. The van der Waals surface area contributed by atoms with Gasteiger partial charge in [0.25, 0.3) is 0 Å². The Morgan fingerprint density at radius 2 is 2.06 bits per heavy atom. The first kappa shape index (κ1) is 13.5. The molecule has 1 aromatic heterocycles. The van der Waals surface area contributed by atoms with Crippen LogP contribution in [-0.2, 0) is 0 Å². The summed E-state index contributed by atoms with van der Waals surface area (Å²) in [4.78, 5) is 4.31. The molecule has 0 unspecified atom stereocenters. The largest absolute Gasteiger partial charge is 0.396 e. The summed E-state index contributed by atoms with van der Waals surface area (Å²) in [6, 6.07) is 5.65. The number of nitriles is 1. The highest BCUT2D eigenvalue weighted by molar-refractivity contribution is 5.44. The van der Waals surface area contributed by atoms with Gasteiger partial charge in [-0.1, -0.05) is 12.8 Å². The predicted molar refractivity (Wildman–Crippen MR) is 67.7 cm³/mol. The Balaban J connectivity index is 2.32. The molecule has 0 saturated carbocycles. The maximum Gasteiger partial charge on any atom is 0.127 e. The van der Waals surface area contributed by atoms with E-state index in [9.17, 15) is 0 Å². The Morgan fingerprint density at radius 3 is 2.76 bits per heavy atom. The van der Waals surface area contributed by atoms with Crippen LogP contribution >= 0.6 is 0 Å². The number of nitrogens with zero attached hydrogens (tertiary/aromatic N) is 2. The number of hydrogen-bond donors (Lipinski definition) is 2. The number of pyridine rings is 1. The zero-order valence-corrected chi connectivity index (χ0v) is 10.2. The number of anilines is 1. The van der Waals surface area contributed by atoms with Gasteiger partial charge in [0.15, 0.2) is 0 Å². The van der Waals surface area contributed by atoms with Crippen molar-refractivity contribution in [3.63, 3.8) is 0 Å². The summed E-state index contributed by atoms with van der Waals surface area (Å²) in [6.07, 6.45) is 4.09. The summed E-state index contributed by atoms with van der Waals surface area (Å²) >= 11 is 0. The van der Waals surface area contributed by atoms with Gasteiger partial charge in [-0.05, 0) is 31.9 Å². The van der Waals surface area contributed by atoms with Crippen molar-refractivity contribution in [3.05, 3.63) is 23.4 Å². The number of rotatable bonds is 7. The van der Waals surface area contributed by atoms with Gasteiger partial charge < -0.3 is 10.4 Å². The van der Waals surface area contributed by atoms with Crippen LogP contribution in [0.15, 0.2) is 12.1 Å². The fraction of sp³-hybridized carbons (Fsp3) is 0.538. The summed E-state index contributed by atoms with van der Waals surface area (Å²) < 4.78 is 0. The number of aliphatic hydroxyl groups is 1. The number of aromatic nitrogens is 1. The van der Waals surface area contributed by atoms with Gasteiger partial charge in [-0.15, -0.1) is 0 Å². The van der Waals surface area contributed by atoms with Crippen molar-refractivity contribution in [2.24, 2.45) is 0 Å². The van der Waals surface area contributed by atoms with Gasteiger partial charge in [0.2, 0.25) is 0 Å². The van der Waals surface area contributed by atoms with E-state index in [-0.39, 0.29) is 6.61 Å². The number of unbranched alkanes of at least 4 members (excludes halogenated alkanes) is 3. The minimum atomic E-state index is 0.276. The molecule has 4 nitrogen and oxygen atoms in total. The zero-order valence-electron chi connectivity index (χ0n) is 10.2. The molecule has 0 atom stereocenters. The van der Waals surface area contributed by atoms with Crippen molar-refractivity contribution in [1.29, 1.82) is 5.26 Å². The van der Waals surface area contributed by atoms with Gasteiger partial charge in [-0.3, -0.25) is 0 Å². The molecule has 0 saturated heterocycles. The molecule has 0 aliphatic carbocycles. The fourth-order valence-electron chi connectivity index (χ4n) is 1.63. The molecule has 0 fully saturated rings. The van der Waals surface area contributed by atoms with Crippen LogP contribution in [0.5, 0.6) is 0 Å². The minimum Gasteiger partial charge on any atom is -0.396 e. The Labute approximate surface area is 102 Å². The number of aliphatic hydroxyl groups excluding tert-OH is 1. The second-order valence-electron chi connectivity index (χ2n) is 4.06. The average molecular weight is 233 g/mol. The molecule has 0 aromatic carbocycles. The van der Waals surface area contributed by atoms with Crippen molar-refractivity contribution in [1.82, 2.24) is 4.98 Å². The molecule has 2 N–H and O–H groups in total. The molecule has 0 spiro atoms. The number of aryl methyl sites for hydroxylation is 1. The maximum absolute atomic E-state index is 8.83. The zero-order chi connectivity index (χ0) is 12.5. The third-order valence-electron chi connectivity index (χ3n) is 2.47. The highest BCUT2D eigenvalue weighted by Crippen LogP contribution is 2.09. The van der Waals surface area contributed by atoms with E-state index in [1.807, 2.05) is 6.92 Å². The Kier molecular flexibility index (Phi) is 6.05. The fourth-order valence-corrected chi connectivity index (χ4v) is 1.63. The molecular weight excluding hydrogens is 214 g/mol. The first-order chi connectivity index (χ1) is 8.26. The van der Waals surface area contributed by atoms with Crippen LogP contribution in [-0.4, -0.2) is 23.2 Å². The van der Waals surface area contributed by atoms with Crippen LogP contribution in [0.3, 0.4) is 0 Å². The topological polar surface area (TPSA) is 68.9 Å². The lowest BCUT2D eigenvalue weighted by Crippen LogP contribution is -2.04. The molecule has 1 aromatic rings. The Morgan fingerprint density at radius 1 is 1.29 bits per heavy atom. The van der Waals surface area contributed by atoms with Crippen molar-refractivity contribution >= 4 is 5.82 Å². The SMILES string of the molecule is Cc1cc(C#N)cc(NCCCCCCO)n1. The van der Waals surface area contributed by atoms with E-state index < -0.39 is 0 Å². The lowest BCUT2D eigenvalue weighted by Gasteiger charge is -2.06. The van der Waals surface area contributed by atoms with E-state index in [0.717, 1.165) is 43.7 Å². The standard InChI is InChI=1S/C13H19N3O/c1-11-8-12(10-14)9-13(16-11)15-6-4-2-3-5-7-17/h8-9,17H,2-7H2,1H3,(H,15,16). The van der Waals surface area contributed by atoms with E-state index in [0.29, 0.717) is 5.56 Å². The van der Waals surface area contributed by atoms with E-state index >= 15 is 0 Å². The molecule has 0 radical (unpaired) electrons. The van der Waals surface area contributed by atoms with E-state index in [4.69, 9.17) is 10.4 Å². The normalized spacial score (nSPS) is 9.94. The molecule has 4 heteroatoms. The smallest absolute Gasteiger partial charge is 0.127 e. The summed E-state index contributed by atoms with van der Waals surface area (Å²) in [5.74, 6) is 0.767. The van der Waals surface area contributed by atoms with Crippen LogP contribution < -0.4 is 5.32 Å². The molecule has 1 rings (SSSR count). The molecule has 0 bridgehead atoms. The summed E-state index contributed by atoms with van der Waals surface area (Å²) in [7, 11) is 0. The molecule has 0 aliphatic rings. The predicted octanol–water partition coefficient (Wildman–Crippen LogP) is 2.23. The van der Waals surface area contributed by atoms with Crippen molar-refractivity contribution in [2.45, 2.75) is 32.6 Å². The average Bonchev–Trinajstić information content (AvgIpc) is 2.33. The molecule has 1 heterocycles. The minimum absolute atomic E-state index is 0.276. The molecule has 0 aliphatic heterocycles. The van der Waals surface area contributed by atoms with Gasteiger partial charge in [-0.2, -0.15) is 5.26 Å². The van der Waals surface area contributed by atoms with Crippen molar-refractivity contribution in [3.8, 4) is 6.07 Å². The van der Waals surface area contributed by atoms with Gasteiger partial charge in [0.05, 0.1) is 11.6 Å². The quantitative estimate of drug-likeness (QED) is 0.708. The van der Waals surface area contributed by atoms with Crippen molar-refractivity contribution < 1.29 is 5.11 Å². The second kappa shape index (κ2) is 7.64. The van der Waals surface area contributed by atoms with Gasteiger partial charge >= 0.3 is 0 Å². The third-order valence-corrected chi connectivity index (χ3v) is 2.47. The Bertz CT molecular complexity index is 385. The molecular formula is C13H19N3O. The van der Waals surface area contributed by atoms with E-state index in [1.165, 1.54) is 0 Å². The monoisotopic (exact) mass is 233 g/mol. The Hall–Kier alpha value is -1.60. The van der Waals surface area contributed by atoms with Crippen LogP contribution in [0, 0.1) is 18.3 Å². The molecule has 0 amide bonds. The third kappa shape index (κ3) is 5.32. The summed E-state index contributed by atoms with van der Waals surface area (Å²) in [5, 5.41) is 20.7.